The summed E-state index contributed by atoms with van der Waals surface area (Å²) in [6.07, 6.45) is 15.1. The van der Waals surface area contributed by atoms with E-state index in [1.54, 1.807) is 28.9 Å². The third kappa shape index (κ3) is 5.04. The Hall–Kier alpha value is -4.21. The fraction of sp³-hybridized carbons (Fsp3) is 0.500. The predicted octanol–water partition coefficient (Wildman–Crippen LogP) is 6.60. The van der Waals surface area contributed by atoms with Crippen molar-refractivity contribution in [3.8, 4) is 11.1 Å². The van der Waals surface area contributed by atoms with Gasteiger partial charge < -0.3 is 14.8 Å². The Kier molecular flexibility index (Phi) is 6.78. The number of nitrogens with one attached hydrogen (secondary N) is 1. The summed E-state index contributed by atoms with van der Waals surface area (Å²) < 4.78 is 14.7. The number of esters is 2. The number of methoxy groups -OCH3 is 1. The lowest BCUT2D eigenvalue weighted by Gasteiger charge is -2.56. The van der Waals surface area contributed by atoms with Crippen molar-refractivity contribution in [3.63, 3.8) is 0 Å². The Bertz CT molecular complexity index is 1730. The van der Waals surface area contributed by atoms with E-state index in [2.05, 4.69) is 26.9 Å². The quantitative estimate of drug-likeness (QED) is 0.237. The molecule has 44 heavy (non-hydrogen) atoms. The van der Waals surface area contributed by atoms with Gasteiger partial charge in [-0.05, 0) is 108 Å². The second-order valence-corrected chi connectivity index (χ2v) is 14.2. The standard InChI is InChI=1S/C34H40N6O4/c1-20-25(17-37-40(20)19-34-14-21-11-22(15-34)13-23(12-21)16-34)24-8-10-39-27(18-36-30(39)28(24)31(41)43-5)38-26-7-6-9-35-29(26)32(42)44-33(2,3)4/h6-10,17-18,21-23,38H,11-16,19H2,1-5H3. The van der Waals surface area contributed by atoms with Crippen LogP contribution in [-0.4, -0.2) is 48.8 Å². The average Bonchev–Trinajstić information content (AvgIpc) is 3.53. The van der Waals surface area contributed by atoms with E-state index in [4.69, 9.17) is 14.6 Å². The number of ether oxygens (including phenoxy) is 2. The van der Waals surface area contributed by atoms with Crippen LogP contribution >= 0.6 is 0 Å². The summed E-state index contributed by atoms with van der Waals surface area (Å²) in [5, 5.41) is 8.12. The molecule has 4 heterocycles. The van der Waals surface area contributed by atoms with Gasteiger partial charge in [0.15, 0.2) is 11.3 Å². The number of fused-ring (bicyclic) bond motifs is 1. The highest BCUT2D eigenvalue weighted by atomic mass is 16.6. The first kappa shape index (κ1) is 28.6. The fourth-order valence-corrected chi connectivity index (χ4v) is 8.47. The maximum Gasteiger partial charge on any atom is 0.359 e. The van der Waals surface area contributed by atoms with Crippen LogP contribution in [0, 0.1) is 30.1 Å². The number of pyridine rings is 2. The van der Waals surface area contributed by atoms with Gasteiger partial charge in [-0.25, -0.2) is 19.6 Å². The third-order valence-corrected chi connectivity index (χ3v) is 9.78. The Morgan fingerprint density at radius 2 is 1.70 bits per heavy atom. The molecule has 4 aliphatic rings. The molecule has 0 radical (unpaired) electrons. The van der Waals surface area contributed by atoms with Crippen LogP contribution in [0.15, 0.2) is 43.0 Å². The second-order valence-electron chi connectivity index (χ2n) is 14.2. The lowest BCUT2D eigenvalue weighted by molar-refractivity contribution is -0.0638. The molecular weight excluding hydrogens is 556 g/mol. The van der Waals surface area contributed by atoms with Gasteiger partial charge in [0.2, 0.25) is 0 Å². The zero-order chi connectivity index (χ0) is 30.8. The van der Waals surface area contributed by atoms with Crippen LogP contribution in [0.3, 0.4) is 0 Å². The van der Waals surface area contributed by atoms with Gasteiger partial charge in [0.1, 0.15) is 17.0 Å². The molecule has 4 fully saturated rings. The molecule has 10 heteroatoms. The number of nitrogens with zero attached hydrogens (tertiary/aromatic N) is 5. The molecular formula is C34H40N6O4. The van der Waals surface area contributed by atoms with Crippen LogP contribution < -0.4 is 5.32 Å². The first-order valence-electron chi connectivity index (χ1n) is 15.6. The summed E-state index contributed by atoms with van der Waals surface area (Å²) in [7, 11) is 1.38. The number of hydrogen-bond acceptors (Lipinski definition) is 8. The molecule has 4 aromatic heterocycles. The maximum absolute atomic E-state index is 13.3. The van der Waals surface area contributed by atoms with Crippen molar-refractivity contribution in [1.82, 2.24) is 24.1 Å². The van der Waals surface area contributed by atoms with Crippen molar-refractivity contribution in [2.75, 3.05) is 12.4 Å². The van der Waals surface area contributed by atoms with E-state index in [-0.39, 0.29) is 5.69 Å². The van der Waals surface area contributed by atoms with Gasteiger partial charge in [0, 0.05) is 35.8 Å². The van der Waals surface area contributed by atoms with E-state index in [1.807, 2.05) is 39.2 Å². The van der Waals surface area contributed by atoms with Crippen LogP contribution in [0.4, 0.5) is 11.5 Å². The molecule has 230 valence electrons. The Labute approximate surface area is 257 Å². The lowest BCUT2D eigenvalue weighted by atomic mass is 9.49. The third-order valence-electron chi connectivity index (χ3n) is 9.78. The average molecular weight is 597 g/mol. The molecule has 4 bridgehead atoms. The van der Waals surface area contributed by atoms with Crippen molar-refractivity contribution in [3.05, 3.63) is 59.9 Å². The Balaban J connectivity index is 1.22. The number of carbonyl (C=O) groups excluding carboxylic acids is 2. The monoisotopic (exact) mass is 596 g/mol. The van der Waals surface area contributed by atoms with Crippen molar-refractivity contribution in [2.45, 2.75) is 78.4 Å². The number of aromatic nitrogens is 5. The molecule has 0 unspecified atom stereocenters. The van der Waals surface area contributed by atoms with Crippen molar-refractivity contribution < 1.29 is 19.1 Å². The molecule has 0 atom stereocenters. The topological polar surface area (TPSA) is 113 Å². The Morgan fingerprint density at radius 1 is 1.00 bits per heavy atom. The number of hydrogen-bond donors (Lipinski definition) is 1. The molecule has 0 spiro atoms. The van der Waals surface area contributed by atoms with Crippen LogP contribution in [0.1, 0.15) is 85.8 Å². The summed E-state index contributed by atoms with van der Waals surface area (Å²) in [6, 6.07) is 5.40. The number of imidazole rings is 1. The summed E-state index contributed by atoms with van der Waals surface area (Å²) in [6.45, 7) is 8.46. The van der Waals surface area contributed by atoms with Crippen LogP contribution in [0.2, 0.25) is 0 Å². The minimum absolute atomic E-state index is 0.157. The molecule has 1 N–H and O–H groups in total. The minimum Gasteiger partial charge on any atom is -0.465 e. The first-order chi connectivity index (χ1) is 21.0. The normalized spacial score (nSPS) is 24.1. The largest absolute Gasteiger partial charge is 0.465 e. The van der Waals surface area contributed by atoms with Gasteiger partial charge in [0.25, 0.3) is 0 Å². The number of carbonyl (C=O) groups is 2. The highest BCUT2D eigenvalue weighted by Gasteiger charge is 2.51. The summed E-state index contributed by atoms with van der Waals surface area (Å²) in [4.78, 5) is 35.1. The van der Waals surface area contributed by atoms with E-state index in [1.165, 1.54) is 45.6 Å². The van der Waals surface area contributed by atoms with Gasteiger partial charge in [-0.3, -0.25) is 9.08 Å². The van der Waals surface area contributed by atoms with E-state index < -0.39 is 17.5 Å². The molecule has 0 aromatic carbocycles. The van der Waals surface area contributed by atoms with E-state index in [0.29, 0.717) is 28.1 Å². The molecule has 4 aliphatic carbocycles. The SMILES string of the molecule is COC(=O)c1c(-c2cnn(CC34CC5CC(CC(C5)C3)C4)c2C)ccn2c(Nc3cccnc3C(=O)OC(C)(C)C)cnc12. The highest BCUT2D eigenvalue weighted by Crippen LogP contribution is 2.60. The molecule has 8 rings (SSSR count). The molecule has 0 amide bonds. The van der Waals surface area contributed by atoms with Crippen molar-refractivity contribution >= 4 is 29.1 Å². The maximum atomic E-state index is 13.3. The first-order valence-corrected chi connectivity index (χ1v) is 15.6. The highest BCUT2D eigenvalue weighted by molar-refractivity contribution is 6.03. The summed E-state index contributed by atoms with van der Waals surface area (Å²) in [5.74, 6) is 2.17. The van der Waals surface area contributed by atoms with E-state index >= 15 is 0 Å². The van der Waals surface area contributed by atoms with Crippen LogP contribution in [0.25, 0.3) is 16.8 Å². The molecule has 0 saturated heterocycles. The number of rotatable bonds is 7. The summed E-state index contributed by atoms with van der Waals surface area (Å²) in [5.41, 5.74) is 3.76. The van der Waals surface area contributed by atoms with Gasteiger partial charge in [-0.1, -0.05) is 0 Å². The van der Waals surface area contributed by atoms with Gasteiger partial charge in [-0.15, -0.1) is 0 Å². The fourth-order valence-electron chi connectivity index (χ4n) is 8.47. The second kappa shape index (κ2) is 10.5. The van der Waals surface area contributed by atoms with Gasteiger partial charge in [-0.2, -0.15) is 5.10 Å². The Morgan fingerprint density at radius 3 is 2.36 bits per heavy atom. The smallest absolute Gasteiger partial charge is 0.359 e. The minimum atomic E-state index is -0.665. The number of anilines is 2. The summed E-state index contributed by atoms with van der Waals surface area (Å²) >= 11 is 0. The van der Waals surface area contributed by atoms with Crippen LogP contribution in [0.5, 0.6) is 0 Å². The van der Waals surface area contributed by atoms with E-state index in [9.17, 15) is 9.59 Å². The van der Waals surface area contributed by atoms with Gasteiger partial charge in [0.05, 0.1) is 25.2 Å². The van der Waals surface area contributed by atoms with E-state index in [0.717, 1.165) is 41.1 Å². The lowest BCUT2D eigenvalue weighted by Crippen LogP contribution is -2.48. The predicted molar refractivity (Wildman–Crippen MR) is 166 cm³/mol. The van der Waals surface area contributed by atoms with Gasteiger partial charge >= 0.3 is 11.9 Å². The van der Waals surface area contributed by atoms with Crippen molar-refractivity contribution in [1.29, 1.82) is 0 Å². The van der Waals surface area contributed by atoms with Crippen LogP contribution in [-0.2, 0) is 16.0 Å². The zero-order valence-electron chi connectivity index (χ0n) is 26.1. The molecule has 10 nitrogen and oxygen atoms in total. The zero-order valence-corrected chi connectivity index (χ0v) is 26.1. The van der Waals surface area contributed by atoms with Crippen molar-refractivity contribution in [2.24, 2.45) is 23.2 Å². The molecule has 4 aromatic rings. The molecule has 4 saturated carbocycles. The molecule has 0 aliphatic heterocycles.